The van der Waals surface area contributed by atoms with Crippen LogP contribution in [0.3, 0.4) is 0 Å². The maximum atomic E-state index is 12.2. The molecule has 3 rings (SSSR count). The van der Waals surface area contributed by atoms with Gasteiger partial charge in [-0.15, -0.1) is 0 Å². The molecule has 5 atom stereocenters. The van der Waals surface area contributed by atoms with Crippen molar-refractivity contribution in [1.82, 2.24) is 5.32 Å². The molecule has 5 unspecified atom stereocenters. The van der Waals surface area contributed by atoms with Crippen LogP contribution in [0.2, 0.25) is 0 Å². The Kier molecular flexibility index (Phi) is 3.33. The zero-order valence-corrected chi connectivity index (χ0v) is 11.9. The van der Waals surface area contributed by atoms with Crippen LogP contribution in [0.15, 0.2) is 0 Å². The minimum absolute atomic E-state index is 0.00561. The van der Waals surface area contributed by atoms with Crippen LogP contribution >= 0.6 is 0 Å². The molecule has 3 N–H and O–H groups in total. The van der Waals surface area contributed by atoms with E-state index in [4.69, 9.17) is 5.73 Å². The van der Waals surface area contributed by atoms with E-state index in [2.05, 4.69) is 5.32 Å². The van der Waals surface area contributed by atoms with Crippen molar-refractivity contribution in [2.45, 2.75) is 31.7 Å². The number of fused-ring (bicyclic) bond motifs is 2. The van der Waals surface area contributed by atoms with E-state index in [0.717, 1.165) is 19.3 Å². The molecule has 19 heavy (non-hydrogen) atoms. The van der Waals surface area contributed by atoms with Crippen LogP contribution in [0.1, 0.15) is 25.7 Å². The summed E-state index contributed by atoms with van der Waals surface area (Å²) >= 11 is 0. The molecule has 3 fully saturated rings. The van der Waals surface area contributed by atoms with Gasteiger partial charge in [-0.1, -0.05) is 0 Å². The summed E-state index contributed by atoms with van der Waals surface area (Å²) in [5, 5.41) is 2.94. The SMILES string of the molecule is NC1C2CCC(C2)C1C(=O)NCC1CCS(=O)(=O)C1. The summed E-state index contributed by atoms with van der Waals surface area (Å²) in [5.74, 6) is 1.54. The minimum Gasteiger partial charge on any atom is -0.355 e. The van der Waals surface area contributed by atoms with Gasteiger partial charge in [0.2, 0.25) is 5.91 Å². The Balaban J connectivity index is 1.52. The normalized spacial score (nSPS) is 43.5. The van der Waals surface area contributed by atoms with E-state index < -0.39 is 9.84 Å². The zero-order chi connectivity index (χ0) is 13.6. The van der Waals surface area contributed by atoms with Gasteiger partial charge >= 0.3 is 0 Å². The number of carbonyl (C=O) groups excluding carboxylic acids is 1. The van der Waals surface area contributed by atoms with Crippen LogP contribution in [0.5, 0.6) is 0 Å². The second kappa shape index (κ2) is 4.74. The molecule has 0 aromatic carbocycles. The van der Waals surface area contributed by atoms with Gasteiger partial charge < -0.3 is 11.1 Å². The maximum Gasteiger partial charge on any atom is 0.224 e. The Labute approximate surface area is 114 Å². The number of rotatable bonds is 3. The summed E-state index contributed by atoms with van der Waals surface area (Å²) in [6.07, 6.45) is 4.05. The molecule has 0 aromatic rings. The fourth-order valence-corrected chi connectivity index (χ4v) is 5.98. The largest absolute Gasteiger partial charge is 0.355 e. The molecule has 1 aliphatic heterocycles. The molecule has 1 heterocycles. The molecule has 1 saturated heterocycles. The van der Waals surface area contributed by atoms with E-state index in [-0.39, 0.29) is 35.3 Å². The third kappa shape index (κ3) is 2.52. The van der Waals surface area contributed by atoms with Crippen molar-refractivity contribution in [2.75, 3.05) is 18.1 Å². The van der Waals surface area contributed by atoms with Crippen LogP contribution in [0, 0.1) is 23.7 Å². The first-order valence-corrected chi connectivity index (χ1v) is 9.02. The van der Waals surface area contributed by atoms with Crippen molar-refractivity contribution in [2.24, 2.45) is 29.4 Å². The third-order valence-electron chi connectivity index (χ3n) is 5.18. The third-order valence-corrected chi connectivity index (χ3v) is 7.01. The smallest absolute Gasteiger partial charge is 0.224 e. The van der Waals surface area contributed by atoms with Gasteiger partial charge in [-0.3, -0.25) is 4.79 Å². The lowest BCUT2D eigenvalue weighted by Gasteiger charge is -2.27. The average molecular weight is 286 g/mol. The van der Waals surface area contributed by atoms with Gasteiger partial charge in [-0.2, -0.15) is 0 Å². The van der Waals surface area contributed by atoms with E-state index >= 15 is 0 Å². The Morgan fingerprint density at radius 2 is 1.95 bits per heavy atom. The monoisotopic (exact) mass is 286 g/mol. The highest BCUT2D eigenvalue weighted by Crippen LogP contribution is 2.47. The molecule has 2 aliphatic carbocycles. The van der Waals surface area contributed by atoms with Crippen molar-refractivity contribution in [1.29, 1.82) is 0 Å². The summed E-state index contributed by atoms with van der Waals surface area (Å²) in [6, 6.07) is 0.00561. The average Bonchev–Trinajstić information content (AvgIpc) is 3.00. The molecular formula is C13H22N2O3S. The minimum atomic E-state index is -2.86. The molecule has 0 radical (unpaired) electrons. The van der Waals surface area contributed by atoms with E-state index in [9.17, 15) is 13.2 Å². The van der Waals surface area contributed by atoms with Gasteiger partial charge in [-0.25, -0.2) is 8.42 Å². The molecule has 3 aliphatic rings. The summed E-state index contributed by atoms with van der Waals surface area (Å²) in [6.45, 7) is 0.485. The zero-order valence-electron chi connectivity index (χ0n) is 11.0. The first-order valence-electron chi connectivity index (χ1n) is 7.20. The van der Waals surface area contributed by atoms with E-state index in [0.29, 0.717) is 24.8 Å². The van der Waals surface area contributed by atoms with Crippen molar-refractivity contribution in [3.63, 3.8) is 0 Å². The molecule has 0 aromatic heterocycles. The van der Waals surface area contributed by atoms with Gasteiger partial charge in [-0.05, 0) is 43.4 Å². The van der Waals surface area contributed by atoms with Crippen LogP contribution in [-0.4, -0.2) is 38.4 Å². The Morgan fingerprint density at radius 3 is 2.53 bits per heavy atom. The number of sulfone groups is 1. The predicted octanol–water partition coefficient (Wildman–Crippen LogP) is -0.0893. The first kappa shape index (κ1) is 13.4. The Morgan fingerprint density at radius 1 is 1.21 bits per heavy atom. The van der Waals surface area contributed by atoms with Gasteiger partial charge in [0.25, 0.3) is 0 Å². The van der Waals surface area contributed by atoms with Crippen molar-refractivity contribution < 1.29 is 13.2 Å². The Bertz CT molecular complexity index is 474. The fourth-order valence-electron chi connectivity index (χ4n) is 4.12. The van der Waals surface area contributed by atoms with Crippen molar-refractivity contribution in [3.8, 4) is 0 Å². The highest BCUT2D eigenvalue weighted by molar-refractivity contribution is 7.91. The molecular weight excluding hydrogens is 264 g/mol. The maximum absolute atomic E-state index is 12.2. The Hall–Kier alpha value is -0.620. The molecule has 108 valence electrons. The van der Waals surface area contributed by atoms with E-state index in [1.165, 1.54) is 0 Å². The molecule has 1 amide bonds. The molecule has 6 heteroatoms. The topological polar surface area (TPSA) is 89.3 Å². The van der Waals surface area contributed by atoms with E-state index in [1.807, 2.05) is 0 Å². The number of carbonyl (C=O) groups is 1. The molecule has 2 saturated carbocycles. The standard InChI is InChI=1S/C13H22N2O3S/c14-12-10-2-1-9(5-10)11(12)13(16)15-6-8-3-4-19(17,18)7-8/h8-12H,1-7,14H2,(H,15,16). The van der Waals surface area contributed by atoms with Gasteiger partial charge in [0.05, 0.1) is 17.4 Å². The lowest BCUT2D eigenvalue weighted by Crippen LogP contribution is -2.46. The summed E-state index contributed by atoms with van der Waals surface area (Å²) < 4.78 is 22.7. The number of amides is 1. The van der Waals surface area contributed by atoms with Gasteiger partial charge in [0.1, 0.15) is 0 Å². The fraction of sp³-hybridized carbons (Fsp3) is 0.923. The van der Waals surface area contributed by atoms with Crippen LogP contribution in [0.4, 0.5) is 0 Å². The summed E-state index contributed by atoms with van der Waals surface area (Å²) in [4.78, 5) is 12.2. The van der Waals surface area contributed by atoms with Crippen LogP contribution in [-0.2, 0) is 14.6 Å². The molecule has 5 nitrogen and oxygen atoms in total. The van der Waals surface area contributed by atoms with E-state index in [1.54, 1.807) is 0 Å². The van der Waals surface area contributed by atoms with Crippen molar-refractivity contribution >= 4 is 15.7 Å². The highest BCUT2D eigenvalue weighted by Gasteiger charge is 2.49. The summed E-state index contributed by atoms with van der Waals surface area (Å²) in [7, 11) is -2.86. The number of hydrogen-bond acceptors (Lipinski definition) is 4. The number of nitrogens with two attached hydrogens (primary N) is 1. The summed E-state index contributed by atoms with van der Waals surface area (Å²) in [5.41, 5.74) is 6.14. The van der Waals surface area contributed by atoms with Gasteiger partial charge in [0, 0.05) is 12.6 Å². The quantitative estimate of drug-likeness (QED) is 0.759. The van der Waals surface area contributed by atoms with Crippen LogP contribution in [0.25, 0.3) is 0 Å². The lowest BCUT2D eigenvalue weighted by atomic mass is 9.84. The predicted molar refractivity (Wildman–Crippen MR) is 72.1 cm³/mol. The lowest BCUT2D eigenvalue weighted by molar-refractivity contribution is -0.127. The number of nitrogens with one attached hydrogen (secondary N) is 1. The molecule has 0 spiro atoms. The van der Waals surface area contributed by atoms with Gasteiger partial charge in [0.15, 0.2) is 9.84 Å². The second-order valence-electron chi connectivity index (χ2n) is 6.45. The van der Waals surface area contributed by atoms with Crippen molar-refractivity contribution in [3.05, 3.63) is 0 Å². The van der Waals surface area contributed by atoms with Crippen LogP contribution < -0.4 is 11.1 Å². The first-order chi connectivity index (χ1) is 8.96. The molecule has 2 bridgehead atoms. The highest BCUT2D eigenvalue weighted by atomic mass is 32.2. The number of hydrogen-bond donors (Lipinski definition) is 2. The second-order valence-corrected chi connectivity index (χ2v) is 8.68.